The Balaban J connectivity index is 2.55. The van der Waals surface area contributed by atoms with E-state index in [-0.39, 0.29) is 0 Å². The summed E-state index contributed by atoms with van der Waals surface area (Å²) < 4.78 is 18.2. The lowest BCUT2D eigenvalue weighted by molar-refractivity contribution is -0.131. The van der Waals surface area contributed by atoms with Gasteiger partial charge in [-0.05, 0) is 48.5 Å². The highest BCUT2D eigenvalue weighted by molar-refractivity contribution is 7.74. The second kappa shape index (κ2) is 6.01. The molecule has 0 aliphatic rings. The first kappa shape index (κ1) is 15.1. The van der Waals surface area contributed by atoms with Gasteiger partial charge in [-0.3, -0.25) is 9.36 Å². The van der Waals surface area contributed by atoms with Crippen molar-refractivity contribution < 1.29 is 13.9 Å². The molecule has 0 N–H and O–H groups in total. The maximum Gasteiger partial charge on any atom is 0.308 e. The minimum Gasteiger partial charge on any atom is -0.405 e. The normalized spacial score (nSPS) is 11.2. The van der Waals surface area contributed by atoms with Gasteiger partial charge in [0.15, 0.2) is 0 Å². The molecule has 0 heterocycles. The van der Waals surface area contributed by atoms with E-state index in [1.807, 2.05) is 0 Å². The van der Waals surface area contributed by atoms with Crippen LogP contribution in [0, 0.1) is 0 Å². The molecular weight excluding hydrogens is 318 g/mol. The quantitative estimate of drug-likeness (QED) is 0.805. The molecule has 3 nitrogen and oxygen atoms in total. The minimum absolute atomic E-state index is 0.402. The molecule has 0 amide bonds. The molecule has 0 aliphatic heterocycles. The van der Waals surface area contributed by atoms with Gasteiger partial charge in [0.25, 0.3) is 0 Å². The minimum atomic E-state index is -3.49. The predicted octanol–water partition coefficient (Wildman–Crippen LogP) is 3.79. The molecule has 2 aromatic rings. The fraction of sp³-hybridized carbons (Fsp3) is 0.0714. The number of rotatable bonds is 3. The topological polar surface area (TPSA) is 43.4 Å². The van der Waals surface area contributed by atoms with E-state index in [1.54, 1.807) is 48.5 Å². The average Bonchev–Trinajstić information content (AvgIpc) is 2.39. The Hall–Kier alpha value is -1.28. The van der Waals surface area contributed by atoms with E-state index in [4.69, 9.17) is 27.7 Å². The van der Waals surface area contributed by atoms with E-state index in [9.17, 15) is 9.36 Å². The van der Waals surface area contributed by atoms with Crippen LogP contribution in [-0.2, 0) is 13.9 Å². The largest absolute Gasteiger partial charge is 0.405 e. The first-order valence-corrected chi connectivity index (χ1v) is 8.12. The van der Waals surface area contributed by atoms with E-state index < -0.39 is 13.3 Å². The monoisotopic (exact) mass is 328 g/mol. The zero-order chi connectivity index (χ0) is 14.8. The fourth-order valence-corrected chi connectivity index (χ4v) is 3.92. The molecule has 2 rings (SSSR count). The molecule has 0 spiro atoms. The summed E-state index contributed by atoms with van der Waals surface area (Å²) in [6, 6.07) is 12.7. The molecule has 0 radical (unpaired) electrons. The molecule has 0 unspecified atom stereocenters. The van der Waals surface area contributed by atoms with Crippen molar-refractivity contribution in [2.24, 2.45) is 0 Å². The van der Waals surface area contributed by atoms with Crippen molar-refractivity contribution in [3.8, 4) is 0 Å². The smallest absolute Gasteiger partial charge is 0.308 e. The van der Waals surface area contributed by atoms with Gasteiger partial charge in [-0.25, -0.2) is 0 Å². The Labute approximate surface area is 126 Å². The molecule has 104 valence electrons. The summed E-state index contributed by atoms with van der Waals surface area (Å²) in [5.74, 6) is -0.613. The third-order valence-corrected chi connectivity index (χ3v) is 5.56. The highest BCUT2D eigenvalue weighted by Gasteiger charge is 2.31. The molecule has 20 heavy (non-hydrogen) atoms. The molecule has 6 heteroatoms. The predicted molar refractivity (Wildman–Crippen MR) is 81.5 cm³/mol. The maximum absolute atomic E-state index is 13.1. The number of halogens is 2. The Bertz CT molecular complexity index is 616. The van der Waals surface area contributed by atoms with Crippen molar-refractivity contribution in [2.45, 2.75) is 6.92 Å². The van der Waals surface area contributed by atoms with Gasteiger partial charge in [-0.2, -0.15) is 0 Å². The lowest BCUT2D eigenvalue weighted by atomic mass is 10.4. The summed E-state index contributed by atoms with van der Waals surface area (Å²) in [5.41, 5.74) is 0. The van der Waals surface area contributed by atoms with Crippen molar-refractivity contribution in [3.05, 3.63) is 58.6 Å². The van der Waals surface area contributed by atoms with Crippen molar-refractivity contribution in [2.75, 3.05) is 0 Å². The number of carbonyl (C=O) groups excluding carboxylic acids is 1. The summed E-state index contributed by atoms with van der Waals surface area (Å²) in [7, 11) is -3.49. The molecule has 0 atom stereocenters. The Morgan fingerprint density at radius 3 is 1.55 bits per heavy atom. The van der Waals surface area contributed by atoms with Gasteiger partial charge in [0.1, 0.15) is 0 Å². The number of carbonyl (C=O) groups is 1. The summed E-state index contributed by atoms with van der Waals surface area (Å²) >= 11 is 11.6. The summed E-state index contributed by atoms with van der Waals surface area (Å²) in [5, 5.41) is 1.83. The van der Waals surface area contributed by atoms with Crippen LogP contribution in [0.25, 0.3) is 0 Å². The Morgan fingerprint density at radius 1 is 0.900 bits per heavy atom. The van der Waals surface area contributed by atoms with E-state index in [0.29, 0.717) is 20.7 Å². The molecule has 0 aromatic heterocycles. The number of benzene rings is 2. The Morgan fingerprint density at radius 2 is 1.25 bits per heavy atom. The van der Waals surface area contributed by atoms with Gasteiger partial charge in [0.2, 0.25) is 0 Å². The van der Waals surface area contributed by atoms with Gasteiger partial charge < -0.3 is 4.52 Å². The molecular formula is C14H11Cl2O3P. The second-order valence-corrected chi connectivity index (χ2v) is 7.28. The van der Waals surface area contributed by atoms with Crippen LogP contribution in [0.3, 0.4) is 0 Å². The highest BCUT2D eigenvalue weighted by Crippen LogP contribution is 2.45. The second-order valence-electron chi connectivity index (χ2n) is 4.09. The Kier molecular flexibility index (Phi) is 4.54. The fourth-order valence-electron chi connectivity index (χ4n) is 1.71. The van der Waals surface area contributed by atoms with Crippen LogP contribution >= 0.6 is 30.6 Å². The van der Waals surface area contributed by atoms with E-state index in [2.05, 4.69) is 0 Å². The molecule has 0 fully saturated rings. The van der Waals surface area contributed by atoms with E-state index in [1.165, 1.54) is 6.92 Å². The first-order valence-electron chi connectivity index (χ1n) is 5.74. The number of hydrogen-bond acceptors (Lipinski definition) is 3. The third kappa shape index (κ3) is 3.24. The van der Waals surface area contributed by atoms with Crippen LogP contribution in [0.1, 0.15) is 6.92 Å². The molecule has 0 saturated carbocycles. The van der Waals surface area contributed by atoms with Gasteiger partial charge in [0.05, 0.1) is 10.6 Å². The molecule has 2 aromatic carbocycles. The van der Waals surface area contributed by atoms with Crippen molar-refractivity contribution in [1.82, 2.24) is 0 Å². The first-order chi connectivity index (χ1) is 9.41. The molecule has 0 saturated heterocycles. The van der Waals surface area contributed by atoms with Crippen molar-refractivity contribution in [3.63, 3.8) is 0 Å². The van der Waals surface area contributed by atoms with Crippen LogP contribution in [0.5, 0.6) is 0 Å². The van der Waals surface area contributed by atoms with Gasteiger partial charge in [-0.1, -0.05) is 23.2 Å². The van der Waals surface area contributed by atoms with Crippen molar-refractivity contribution >= 4 is 47.1 Å². The van der Waals surface area contributed by atoms with E-state index >= 15 is 0 Å². The maximum atomic E-state index is 13.1. The van der Waals surface area contributed by atoms with Crippen LogP contribution in [0.4, 0.5) is 0 Å². The number of hydrogen-bond donors (Lipinski definition) is 0. The van der Waals surface area contributed by atoms with Crippen LogP contribution in [0.15, 0.2) is 48.5 Å². The van der Waals surface area contributed by atoms with Crippen LogP contribution in [0.2, 0.25) is 10.0 Å². The molecule has 0 aliphatic carbocycles. The highest BCUT2D eigenvalue weighted by atomic mass is 35.5. The van der Waals surface area contributed by atoms with Crippen molar-refractivity contribution in [1.29, 1.82) is 0 Å². The zero-order valence-corrected chi connectivity index (χ0v) is 13.0. The van der Waals surface area contributed by atoms with Crippen LogP contribution < -0.4 is 10.6 Å². The lowest BCUT2D eigenvalue weighted by Gasteiger charge is -2.18. The van der Waals surface area contributed by atoms with E-state index in [0.717, 1.165) is 0 Å². The standard InChI is InChI=1S/C14H11Cl2O3P/c1-10(17)19-20(18,13-6-2-11(15)3-7-13)14-8-4-12(16)5-9-14/h2-9H,1H3. The summed E-state index contributed by atoms with van der Waals surface area (Å²) in [6.07, 6.45) is 0. The summed E-state index contributed by atoms with van der Waals surface area (Å²) in [4.78, 5) is 11.3. The van der Waals surface area contributed by atoms with Crippen LogP contribution in [-0.4, -0.2) is 5.97 Å². The third-order valence-electron chi connectivity index (χ3n) is 2.59. The SMILES string of the molecule is CC(=O)OP(=O)(c1ccc(Cl)cc1)c1ccc(Cl)cc1. The lowest BCUT2D eigenvalue weighted by Crippen LogP contribution is -2.19. The van der Waals surface area contributed by atoms with Gasteiger partial charge >= 0.3 is 13.3 Å². The zero-order valence-electron chi connectivity index (χ0n) is 10.5. The van der Waals surface area contributed by atoms with Gasteiger partial charge in [-0.15, -0.1) is 0 Å². The average molecular weight is 329 g/mol. The van der Waals surface area contributed by atoms with Gasteiger partial charge in [0, 0.05) is 17.0 Å². The summed E-state index contributed by atoms with van der Waals surface area (Å²) in [6.45, 7) is 1.22. The molecule has 0 bridgehead atoms.